The van der Waals surface area contributed by atoms with Gasteiger partial charge in [-0.05, 0) is 62.4 Å². The zero-order chi connectivity index (χ0) is 19.9. The number of carbonyl (C=O) groups is 2. The van der Waals surface area contributed by atoms with E-state index in [0.717, 1.165) is 11.4 Å². The summed E-state index contributed by atoms with van der Waals surface area (Å²) in [6.07, 6.45) is 0. The van der Waals surface area contributed by atoms with Crippen LogP contribution in [-0.4, -0.2) is 24.9 Å². The van der Waals surface area contributed by atoms with E-state index in [2.05, 4.69) is 0 Å². The minimum absolute atomic E-state index is 0.0805. The van der Waals surface area contributed by atoms with Crippen LogP contribution >= 0.6 is 0 Å². The van der Waals surface area contributed by atoms with E-state index in [1.807, 2.05) is 74.5 Å². The third kappa shape index (κ3) is 4.12. The Bertz CT molecular complexity index is 843. The molecule has 3 rings (SSSR count). The number of rotatable bonds is 6. The molecule has 0 aliphatic rings. The second-order valence-electron chi connectivity index (χ2n) is 6.35. The Morgan fingerprint density at radius 1 is 0.571 bits per heavy atom. The Kier molecular flexibility index (Phi) is 6.22. The van der Waals surface area contributed by atoms with E-state index >= 15 is 0 Å². The van der Waals surface area contributed by atoms with Crippen LogP contribution in [0, 0.1) is 0 Å². The number of carbonyl (C=O) groups excluding carboxylic acids is 2. The smallest absolute Gasteiger partial charge is 0.258 e. The molecule has 0 unspecified atom stereocenters. The summed E-state index contributed by atoms with van der Waals surface area (Å²) in [4.78, 5) is 29.2. The first-order chi connectivity index (χ1) is 13.7. The van der Waals surface area contributed by atoms with Gasteiger partial charge in [0.2, 0.25) is 0 Å². The Morgan fingerprint density at radius 2 is 0.893 bits per heavy atom. The molecule has 3 aromatic rings. The first kappa shape index (κ1) is 19.4. The molecule has 0 spiro atoms. The third-order valence-electron chi connectivity index (χ3n) is 4.64. The molecule has 0 aromatic heterocycles. The average molecular weight is 372 g/mol. The topological polar surface area (TPSA) is 40.6 Å². The van der Waals surface area contributed by atoms with Gasteiger partial charge in [0.05, 0.1) is 0 Å². The van der Waals surface area contributed by atoms with Crippen LogP contribution in [0.5, 0.6) is 0 Å². The highest BCUT2D eigenvalue weighted by Gasteiger charge is 2.19. The minimum atomic E-state index is -0.0805. The molecular formula is C24H24N2O2. The standard InChI is InChI=1S/C24H24N2O2/c1-3-25(21-11-7-5-8-12-21)23(27)19-15-17-20(18-16-19)24(28)26(4-2)22-13-9-6-10-14-22/h5-18H,3-4H2,1-2H3. The number of benzene rings is 3. The van der Waals surface area contributed by atoms with Gasteiger partial charge in [-0.1, -0.05) is 36.4 Å². The highest BCUT2D eigenvalue weighted by atomic mass is 16.2. The first-order valence-electron chi connectivity index (χ1n) is 9.49. The molecule has 0 N–H and O–H groups in total. The summed E-state index contributed by atoms with van der Waals surface area (Å²) >= 11 is 0. The van der Waals surface area contributed by atoms with Crippen molar-refractivity contribution >= 4 is 23.2 Å². The van der Waals surface area contributed by atoms with E-state index in [9.17, 15) is 9.59 Å². The lowest BCUT2D eigenvalue weighted by Crippen LogP contribution is -2.31. The Hall–Kier alpha value is -3.40. The van der Waals surface area contributed by atoms with Gasteiger partial charge in [-0.3, -0.25) is 9.59 Å². The predicted octanol–water partition coefficient (Wildman–Crippen LogP) is 5.02. The predicted molar refractivity (Wildman–Crippen MR) is 114 cm³/mol. The van der Waals surface area contributed by atoms with Crippen molar-refractivity contribution in [3.8, 4) is 0 Å². The molecule has 0 bridgehead atoms. The SMILES string of the molecule is CCN(C(=O)c1ccc(C(=O)N(CC)c2ccccc2)cc1)c1ccccc1. The van der Waals surface area contributed by atoms with Gasteiger partial charge >= 0.3 is 0 Å². The van der Waals surface area contributed by atoms with Crippen molar-refractivity contribution in [1.82, 2.24) is 0 Å². The van der Waals surface area contributed by atoms with Gasteiger partial charge in [-0.25, -0.2) is 0 Å². The third-order valence-corrected chi connectivity index (χ3v) is 4.64. The fourth-order valence-electron chi connectivity index (χ4n) is 3.17. The Balaban J connectivity index is 1.81. The molecule has 142 valence electrons. The van der Waals surface area contributed by atoms with Gasteiger partial charge in [-0.15, -0.1) is 0 Å². The lowest BCUT2D eigenvalue weighted by atomic mass is 10.1. The molecule has 28 heavy (non-hydrogen) atoms. The van der Waals surface area contributed by atoms with Crippen LogP contribution < -0.4 is 9.80 Å². The van der Waals surface area contributed by atoms with E-state index in [-0.39, 0.29) is 11.8 Å². The van der Waals surface area contributed by atoms with Crippen LogP contribution in [0.3, 0.4) is 0 Å². The maximum Gasteiger partial charge on any atom is 0.258 e. The quantitative estimate of drug-likeness (QED) is 0.609. The fourth-order valence-corrected chi connectivity index (χ4v) is 3.17. The number of amides is 2. The molecule has 2 amide bonds. The largest absolute Gasteiger partial charge is 0.309 e. The lowest BCUT2D eigenvalue weighted by molar-refractivity contribution is 0.0977. The summed E-state index contributed by atoms with van der Waals surface area (Å²) < 4.78 is 0. The summed E-state index contributed by atoms with van der Waals surface area (Å²) in [6, 6.07) is 26.0. The van der Waals surface area contributed by atoms with Crippen LogP contribution in [0.1, 0.15) is 34.6 Å². The molecule has 0 saturated carbocycles. The van der Waals surface area contributed by atoms with Crippen molar-refractivity contribution in [3.63, 3.8) is 0 Å². The second-order valence-corrected chi connectivity index (χ2v) is 6.35. The van der Waals surface area contributed by atoms with Crippen LogP contribution in [0.15, 0.2) is 84.9 Å². The van der Waals surface area contributed by atoms with Crippen LogP contribution in [0.25, 0.3) is 0 Å². The molecular weight excluding hydrogens is 348 g/mol. The number of hydrogen-bond donors (Lipinski definition) is 0. The molecule has 0 fully saturated rings. The van der Waals surface area contributed by atoms with Gasteiger partial charge in [-0.2, -0.15) is 0 Å². The highest BCUT2D eigenvalue weighted by molar-refractivity contribution is 6.08. The maximum absolute atomic E-state index is 12.9. The van der Waals surface area contributed by atoms with E-state index in [1.165, 1.54) is 0 Å². The van der Waals surface area contributed by atoms with E-state index in [0.29, 0.717) is 24.2 Å². The van der Waals surface area contributed by atoms with Gasteiger partial charge in [0, 0.05) is 35.6 Å². The summed E-state index contributed by atoms with van der Waals surface area (Å²) in [7, 11) is 0. The molecule has 3 aromatic carbocycles. The van der Waals surface area contributed by atoms with E-state index < -0.39 is 0 Å². The van der Waals surface area contributed by atoms with Crippen molar-refractivity contribution in [2.24, 2.45) is 0 Å². The molecule has 4 heteroatoms. The Morgan fingerprint density at radius 3 is 1.18 bits per heavy atom. The fraction of sp³-hybridized carbons (Fsp3) is 0.167. The summed E-state index contributed by atoms with van der Waals surface area (Å²) in [5.41, 5.74) is 2.84. The second kappa shape index (κ2) is 9.00. The van der Waals surface area contributed by atoms with Crippen molar-refractivity contribution in [3.05, 3.63) is 96.1 Å². The van der Waals surface area contributed by atoms with E-state index in [1.54, 1.807) is 34.1 Å². The van der Waals surface area contributed by atoms with Crippen molar-refractivity contribution in [2.75, 3.05) is 22.9 Å². The molecule has 0 saturated heterocycles. The first-order valence-corrected chi connectivity index (χ1v) is 9.49. The molecule has 4 nitrogen and oxygen atoms in total. The monoisotopic (exact) mass is 372 g/mol. The molecule has 0 aliphatic carbocycles. The number of para-hydroxylation sites is 2. The lowest BCUT2D eigenvalue weighted by Gasteiger charge is -2.22. The van der Waals surface area contributed by atoms with Gasteiger partial charge in [0.1, 0.15) is 0 Å². The average Bonchev–Trinajstić information content (AvgIpc) is 2.76. The Labute approximate surface area is 166 Å². The van der Waals surface area contributed by atoms with Crippen LogP contribution in [0.2, 0.25) is 0 Å². The maximum atomic E-state index is 12.9. The summed E-state index contributed by atoms with van der Waals surface area (Å²) in [5, 5.41) is 0. The van der Waals surface area contributed by atoms with Gasteiger partial charge in [0.25, 0.3) is 11.8 Å². The highest BCUT2D eigenvalue weighted by Crippen LogP contribution is 2.19. The van der Waals surface area contributed by atoms with Crippen LogP contribution in [0.4, 0.5) is 11.4 Å². The van der Waals surface area contributed by atoms with Crippen LogP contribution in [-0.2, 0) is 0 Å². The zero-order valence-electron chi connectivity index (χ0n) is 16.2. The molecule has 0 radical (unpaired) electrons. The van der Waals surface area contributed by atoms with Gasteiger partial charge in [0.15, 0.2) is 0 Å². The molecule has 0 atom stereocenters. The van der Waals surface area contributed by atoms with Crippen molar-refractivity contribution in [1.29, 1.82) is 0 Å². The molecule has 0 heterocycles. The normalized spacial score (nSPS) is 10.4. The minimum Gasteiger partial charge on any atom is -0.309 e. The summed E-state index contributed by atoms with van der Waals surface area (Å²) in [6.45, 7) is 5.03. The van der Waals surface area contributed by atoms with Crippen molar-refractivity contribution < 1.29 is 9.59 Å². The number of hydrogen-bond acceptors (Lipinski definition) is 2. The van der Waals surface area contributed by atoms with Gasteiger partial charge < -0.3 is 9.80 Å². The molecule has 0 aliphatic heterocycles. The number of anilines is 2. The van der Waals surface area contributed by atoms with E-state index in [4.69, 9.17) is 0 Å². The van der Waals surface area contributed by atoms with Crippen molar-refractivity contribution in [2.45, 2.75) is 13.8 Å². The number of nitrogens with zero attached hydrogens (tertiary/aromatic N) is 2. The zero-order valence-corrected chi connectivity index (χ0v) is 16.2. The summed E-state index contributed by atoms with van der Waals surface area (Å²) in [5.74, 6) is -0.161.